The van der Waals surface area contributed by atoms with E-state index in [1.807, 2.05) is 10.6 Å². The molecule has 23 heavy (non-hydrogen) atoms. The predicted molar refractivity (Wildman–Crippen MR) is 89.0 cm³/mol. The minimum Gasteiger partial charge on any atom is -0.383 e. The van der Waals surface area contributed by atoms with Crippen molar-refractivity contribution in [3.63, 3.8) is 0 Å². The predicted octanol–water partition coefficient (Wildman–Crippen LogP) is 2.01. The Kier molecular flexibility index (Phi) is 5.16. The van der Waals surface area contributed by atoms with Crippen LogP contribution in [0.25, 0.3) is 10.6 Å². The van der Waals surface area contributed by atoms with E-state index in [0.29, 0.717) is 6.61 Å². The summed E-state index contributed by atoms with van der Waals surface area (Å²) in [6.07, 6.45) is 3.53. The number of nitrogens with one attached hydrogen (secondary N) is 1. The summed E-state index contributed by atoms with van der Waals surface area (Å²) in [5.41, 5.74) is 1.06. The van der Waals surface area contributed by atoms with Gasteiger partial charge >= 0.3 is 0 Å². The van der Waals surface area contributed by atoms with E-state index in [9.17, 15) is 0 Å². The number of rotatable bonds is 8. The number of methoxy groups -OCH3 is 1. The van der Waals surface area contributed by atoms with Crippen LogP contribution in [0.2, 0.25) is 0 Å². The summed E-state index contributed by atoms with van der Waals surface area (Å²) in [6, 6.07) is 6.27. The number of ether oxygens (including phenoxy) is 1. The largest absolute Gasteiger partial charge is 0.383 e. The van der Waals surface area contributed by atoms with Crippen LogP contribution in [-0.2, 0) is 24.4 Å². The van der Waals surface area contributed by atoms with Gasteiger partial charge in [-0.1, -0.05) is 0 Å². The van der Waals surface area contributed by atoms with E-state index < -0.39 is 0 Å². The van der Waals surface area contributed by atoms with E-state index >= 15 is 0 Å². The third-order valence-corrected chi connectivity index (χ3v) is 4.60. The minimum absolute atomic E-state index is 0.660. The standard InChI is InChI=1S/C15H20N6OS/c1-20(10-15-19-17-11-21(15)7-8-22-2)9-12-3-4-14(23-12)13-5-6-16-18-13/h3-6,11H,7-10H2,1-2H3,(H,16,18). The number of nitrogens with zero attached hydrogens (tertiary/aromatic N) is 5. The quantitative estimate of drug-likeness (QED) is 0.683. The maximum absolute atomic E-state index is 5.11. The molecule has 0 radical (unpaired) electrons. The smallest absolute Gasteiger partial charge is 0.147 e. The molecule has 7 nitrogen and oxygen atoms in total. The van der Waals surface area contributed by atoms with Crippen molar-refractivity contribution in [1.29, 1.82) is 0 Å². The monoisotopic (exact) mass is 332 g/mol. The lowest BCUT2D eigenvalue weighted by atomic mass is 10.3. The Balaban J connectivity index is 1.59. The molecule has 0 fully saturated rings. The second kappa shape index (κ2) is 7.49. The maximum atomic E-state index is 5.11. The molecule has 0 saturated heterocycles. The fourth-order valence-electron chi connectivity index (χ4n) is 2.34. The summed E-state index contributed by atoms with van der Waals surface area (Å²) in [5, 5.41) is 15.2. The summed E-state index contributed by atoms with van der Waals surface area (Å²) in [7, 11) is 3.79. The number of H-pyrrole nitrogens is 1. The Hall–Kier alpha value is -2.03. The van der Waals surface area contributed by atoms with Crippen LogP contribution >= 0.6 is 11.3 Å². The van der Waals surface area contributed by atoms with Gasteiger partial charge in [0.25, 0.3) is 0 Å². The molecule has 0 saturated carbocycles. The van der Waals surface area contributed by atoms with E-state index in [1.54, 1.807) is 31.0 Å². The Morgan fingerprint density at radius 1 is 1.30 bits per heavy atom. The van der Waals surface area contributed by atoms with Crippen molar-refractivity contribution >= 4 is 11.3 Å². The summed E-state index contributed by atoms with van der Waals surface area (Å²) >= 11 is 1.77. The highest BCUT2D eigenvalue weighted by Gasteiger charge is 2.10. The second-order valence-electron chi connectivity index (χ2n) is 5.34. The molecule has 0 aliphatic heterocycles. The lowest BCUT2D eigenvalue weighted by molar-refractivity contribution is 0.184. The van der Waals surface area contributed by atoms with Gasteiger partial charge in [-0.05, 0) is 25.2 Å². The van der Waals surface area contributed by atoms with E-state index in [-0.39, 0.29) is 0 Å². The molecule has 3 rings (SSSR count). The van der Waals surface area contributed by atoms with Gasteiger partial charge in [0.15, 0.2) is 0 Å². The Bertz CT molecular complexity index is 720. The van der Waals surface area contributed by atoms with Crippen molar-refractivity contribution in [3.05, 3.63) is 41.4 Å². The van der Waals surface area contributed by atoms with Crippen molar-refractivity contribution in [2.45, 2.75) is 19.6 Å². The fraction of sp³-hybridized carbons (Fsp3) is 0.400. The first-order valence-electron chi connectivity index (χ1n) is 7.39. The van der Waals surface area contributed by atoms with Gasteiger partial charge < -0.3 is 9.30 Å². The lowest BCUT2D eigenvalue weighted by Crippen LogP contribution is -2.20. The zero-order valence-corrected chi connectivity index (χ0v) is 14.1. The molecule has 3 heterocycles. The van der Waals surface area contributed by atoms with Gasteiger partial charge in [-0.3, -0.25) is 10.00 Å². The molecule has 3 aromatic heterocycles. The number of thiophene rings is 1. The summed E-state index contributed by atoms with van der Waals surface area (Å²) in [6.45, 7) is 3.06. The van der Waals surface area contributed by atoms with Crippen molar-refractivity contribution in [2.24, 2.45) is 0 Å². The van der Waals surface area contributed by atoms with Crippen LogP contribution < -0.4 is 0 Å². The van der Waals surface area contributed by atoms with Crippen molar-refractivity contribution in [1.82, 2.24) is 29.9 Å². The van der Waals surface area contributed by atoms with E-state index in [2.05, 4.69) is 44.5 Å². The van der Waals surface area contributed by atoms with Crippen molar-refractivity contribution in [2.75, 3.05) is 20.8 Å². The van der Waals surface area contributed by atoms with Crippen LogP contribution in [0.3, 0.4) is 0 Å². The Morgan fingerprint density at radius 2 is 2.22 bits per heavy atom. The molecule has 0 aromatic carbocycles. The van der Waals surface area contributed by atoms with E-state index in [1.165, 1.54) is 9.75 Å². The van der Waals surface area contributed by atoms with Crippen LogP contribution in [0, 0.1) is 0 Å². The van der Waals surface area contributed by atoms with E-state index in [4.69, 9.17) is 4.74 Å². The Labute approximate surface area is 138 Å². The van der Waals surface area contributed by atoms with Crippen LogP contribution in [0.1, 0.15) is 10.7 Å². The average molecular weight is 332 g/mol. The number of hydrogen-bond donors (Lipinski definition) is 1. The van der Waals surface area contributed by atoms with Gasteiger partial charge in [-0.25, -0.2) is 0 Å². The second-order valence-corrected chi connectivity index (χ2v) is 6.51. The Morgan fingerprint density at radius 3 is 3.00 bits per heavy atom. The topological polar surface area (TPSA) is 71.9 Å². The summed E-state index contributed by atoms with van der Waals surface area (Å²) in [4.78, 5) is 4.74. The molecule has 3 aromatic rings. The highest BCUT2D eigenvalue weighted by molar-refractivity contribution is 7.15. The lowest BCUT2D eigenvalue weighted by Gasteiger charge is -2.15. The molecule has 122 valence electrons. The molecule has 0 spiro atoms. The third-order valence-electron chi connectivity index (χ3n) is 3.50. The zero-order chi connectivity index (χ0) is 16.1. The van der Waals surface area contributed by atoms with Gasteiger partial charge in [0.1, 0.15) is 12.2 Å². The van der Waals surface area contributed by atoms with Gasteiger partial charge in [0, 0.05) is 31.3 Å². The first-order valence-corrected chi connectivity index (χ1v) is 8.20. The molecule has 0 unspecified atom stereocenters. The maximum Gasteiger partial charge on any atom is 0.147 e. The van der Waals surface area contributed by atoms with Gasteiger partial charge in [-0.15, -0.1) is 21.5 Å². The van der Waals surface area contributed by atoms with Crippen LogP contribution in [0.4, 0.5) is 0 Å². The van der Waals surface area contributed by atoms with Crippen LogP contribution in [-0.4, -0.2) is 50.6 Å². The van der Waals surface area contributed by atoms with Gasteiger partial charge in [0.05, 0.1) is 23.7 Å². The molecule has 8 heteroatoms. The number of hydrogen-bond acceptors (Lipinski definition) is 6. The summed E-state index contributed by atoms with van der Waals surface area (Å²) < 4.78 is 7.14. The van der Waals surface area contributed by atoms with E-state index in [0.717, 1.165) is 31.2 Å². The van der Waals surface area contributed by atoms with Crippen LogP contribution in [0.15, 0.2) is 30.7 Å². The minimum atomic E-state index is 0.660. The molecule has 0 aliphatic rings. The SMILES string of the molecule is COCCn1cnnc1CN(C)Cc1ccc(-c2ccn[nH]2)s1. The van der Waals surface area contributed by atoms with Crippen LogP contribution in [0.5, 0.6) is 0 Å². The zero-order valence-electron chi connectivity index (χ0n) is 13.3. The fourth-order valence-corrected chi connectivity index (χ4v) is 3.41. The number of aromatic nitrogens is 5. The molecule has 0 atom stereocenters. The molecule has 0 aliphatic carbocycles. The molecule has 0 bridgehead atoms. The first-order chi connectivity index (χ1) is 11.3. The molecular weight excluding hydrogens is 312 g/mol. The molecule has 1 N–H and O–H groups in total. The van der Waals surface area contributed by atoms with Gasteiger partial charge in [0.2, 0.25) is 0 Å². The molecular formula is C15H20N6OS. The van der Waals surface area contributed by atoms with Crippen molar-refractivity contribution in [3.8, 4) is 10.6 Å². The first kappa shape index (κ1) is 15.9. The number of aromatic amines is 1. The highest BCUT2D eigenvalue weighted by atomic mass is 32.1. The third kappa shape index (κ3) is 4.04. The highest BCUT2D eigenvalue weighted by Crippen LogP contribution is 2.27. The average Bonchev–Trinajstić information content (AvgIpc) is 3.26. The summed E-state index contributed by atoms with van der Waals surface area (Å²) in [5.74, 6) is 0.954. The van der Waals surface area contributed by atoms with Crippen molar-refractivity contribution < 1.29 is 4.74 Å². The normalized spacial score (nSPS) is 11.4. The molecule has 0 amide bonds. The van der Waals surface area contributed by atoms with Gasteiger partial charge in [-0.2, -0.15) is 5.10 Å².